The molecule has 3 heteroatoms. The Morgan fingerprint density at radius 3 is 3.06 bits per heavy atom. The first-order valence-corrected chi connectivity index (χ1v) is 6.06. The van der Waals surface area contributed by atoms with E-state index < -0.39 is 0 Å². The topological polar surface area (TPSA) is 29.9 Å². The van der Waals surface area contributed by atoms with Crippen LogP contribution in [0.2, 0.25) is 0 Å². The number of allylic oxidation sites excluding steroid dienone is 1. The molecule has 0 fully saturated rings. The number of unbranched alkanes of at least 4 members (excludes halogenated alkanes) is 1. The van der Waals surface area contributed by atoms with Crippen LogP contribution in [0.3, 0.4) is 0 Å². The average molecular weight is 221 g/mol. The monoisotopic (exact) mass is 221 g/mol. The van der Waals surface area contributed by atoms with Gasteiger partial charge in [0.15, 0.2) is 0 Å². The zero-order valence-electron chi connectivity index (χ0n) is 10.4. The number of nitrogens with zero attached hydrogens (tertiary/aromatic N) is 2. The molecule has 1 heterocycles. The normalized spacial score (nSPS) is 10.9. The summed E-state index contributed by atoms with van der Waals surface area (Å²) in [5.74, 6) is 0.690. The van der Waals surface area contributed by atoms with Crippen LogP contribution in [0, 0.1) is 5.92 Å². The molecule has 0 aliphatic rings. The lowest BCUT2D eigenvalue weighted by Crippen LogP contribution is -2.19. The minimum atomic E-state index is 0.690. The summed E-state index contributed by atoms with van der Waals surface area (Å²) in [5, 5.41) is 7.89. The van der Waals surface area contributed by atoms with Crippen LogP contribution in [-0.4, -0.2) is 16.3 Å². The smallest absolute Gasteiger partial charge is 0.0762 e. The summed E-state index contributed by atoms with van der Waals surface area (Å²) in [5.41, 5.74) is 1.12. The molecule has 0 spiro atoms. The largest absolute Gasteiger partial charge is 0.311 e. The van der Waals surface area contributed by atoms with Gasteiger partial charge in [-0.3, -0.25) is 4.68 Å². The first-order chi connectivity index (χ1) is 7.72. The summed E-state index contributed by atoms with van der Waals surface area (Å²) >= 11 is 0. The Bertz CT molecular complexity index is 302. The van der Waals surface area contributed by atoms with E-state index in [4.69, 9.17) is 0 Å². The Morgan fingerprint density at radius 1 is 1.56 bits per heavy atom. The van der Waals surface area contributed by atoms with Gasteiger partial charge in [-0.25, -0.2) is 0 Å². The van der Waals surface area contributed by atoms with Crippen LogP contribution in [-0.2, 0) is 13.1 Å². The Kier molecular flexibility index (Phi) is 5.86. The van der Waals surface area contributed by atoms with Gasteiger partial charge in [0.2, 0.25) is 0 Å². The number of hydrogen-bond acceptors (Lipinski definition) is 2. The van der Waals surface area contributed by atoms with E-state index in [1.807, 2.05) is 10.8 Å². The zero-order valence-corrected chi connectivity index (χ0v) is 10.4. The van der Waals surface area contributed by atoms with Gasteiger partial charge in [0.05, 0.1) is 5.69 Å². The molecule has 1 N–H and O–H groups in total. The van der Waals surface area contributed by atoms with Gasteiger partial charge in [0, 0.05) is 19.3 Å². The number of aryl methyl sites for hydroxylation is 1. The van der Waals surface area contributed by atoms with Crippen molar-refractivity contribution < 1.29 is 0 Å². The molecular weight excluding hydrogens is 198 g/mol. The van der Waals surface area contributed by atoms with E-state index in [1.54, 1.807) is 0 Å². The second-order valence-corrected chi connectivity index (χ2v) is 4.53. The molecule has 0 aliphatic heterocycles. The third-order valence-electron chi connectivity index (χ3n) is 2.35. The Hall–Kier alpha value is -1.09. The van der Waals surface area contributed by atoms with Crippen molar-refractivity contribution in [3.05, 3.63) is 30.6 Å². The molecule has 1 aromatic heterocycles. The quantitative estimate of drug-likeness (QED) is 0.540. The molecule has 1 rings (SSSR count). The fraction of sp³-hybridized carbons (Fsp3) is 0.615. The molecular formula is C13H23N3. The number of hydrogen-bond donors (Lipinski definition) is 1. The van der Waals surface area contributed by atoms with Crippen LogP contribution in [0.4, 0.5) is 0 Å². The van der Waals surface area contributed by atoms with Gasteiger partial charge in [0.25, 0.3) is 0 Å². The third kappa shape index (κ3) is 5.12. The molecule has 0 aliphatic carbocycles. The maximum absolute atomic E-state index is 4.50. The number of aromatic nitrogens is 2. The van der Waals surface area contributed by atoms with Crippen LogP contribution in [0.25, 0.3) is 0 Å². The molecule has 16 heavy (non-hydrogen) atoms. The van der Waals surface area contributed by atoms with E-state index in [-0.39, 0.29) is 0 Å². The second-order valence-electron chi connectivity index (χ2n) is 4.53. The first-order valence-electron chi connectivity index (χ1n) is 6.06. The molecule has 1 aromatic rings. The van der Waals surface area contributed by atoms with Gasteiger partial charge in [-0.05, 0) is 31.4 Å². The van der Waals surface area contributed by atoms with Crippen LogP contribution >= 0.6 is 0 Å². The van der Waals surface area contributed by atoms with Crippen LogP contribution < -0.4 is 5.32 Å². The molecule has 3 nitrogen and oxygen atoms in total. The van der Waals surface area contributed by atoms with Gasteiger partial charge in [-0.1, -0.05) is 19.9 Å². The molecule has 0 radical (unpaired) electrons. The molecule has 90 valence electrons. The van der Waals surface area contributed by atoms with Crippen molar-refractivity contribution in [2.75, 3.05) is 6.54 Å². The summed E-state index contributed by atoms with van der Waals surface area (Å²) < 4.78 is 2.01. The van der Waals surface area contributed by atoms with Crippen LogP contribution in [0.5, 0.6) is 0 Å². The highest BCUT2D eigenvalue weighted by atomic mass is 15.3. The lowest BCUT2D eigenvalue weighted by molar-refractivity contribution is 0.534. The predicted molar refractivity (Wildman–Crippen MR) is 68.2 cm³/mol. The molecule has 0 atom stereocenters. The molecule has 0 amide bonds. The zero-order chi connectivity index (χ0) is 11.8. The Balaban J connectivity index is 2.25. The molecule has 0 saturated carbocycles. The van der Waals surface area contributed by atoms with E-state index in [1.165, 1.54) is 0 Å². The fourth-order valence-corrected chi connectivity index (χ4v) is 1.51. The van der Waals surface area contributed by atoms with Crippen molar-refractivity contribution in [3.8, 4) is 0 Å². The number of nitrogens with one attached hydrogen (secondary N) is 1. The van der Waals surface area contributed by atoms with Crippen molar-refractivity contribution >= 4 is 0 Å². The summed E-state index contributed by atoms with van der Waals surface area (Å²) in [6, 6.07) is 2.08. The van der Waals surface area contributed by atoms with Gasteiger partial charge in [-0.15, -0.1) is 6.58 Å². The maximum atomic E-state index is 4.50. The first kappa shape index (κ1) is 13.0. The fourth-order valence-electron chi connectivity index (χ4n) is 1.51. The standard InChI is InChI=1S/C13H23N3/c1-4-5-6-8-16-9-7-13(15-16)11-14-10-12(2)3/h4,7,9,12,14H,1,5-6,8,10-11H2,2-3H3. The van der Waals surface area contributed by atoms with E-state index in [2.05, 4.69) is 43.1 Å². The van der Waals surface area contributed by atoms with Gasteiger partial charge in [0.1, 0.15) is 0 Å². The van der Waals surface area contributed by atoms with Gasteiger partial charge < -0.3 is 5.32 Å². The van der Waals surface area contributed by atoms with E-state index >= 15 is 0 Å². The minimum absolute atomic E-state index is 0.690. The van der Waals surface area contributed by atoms with Crippen LogP contribution in [0.15, 0.2) is 24.9 Å². The summed E-state index contributed by atoms with van der Waals surface area (Å²) in [6.45, 7) is 11.0. The number of rotatable bonds is 8. The molecule has 0 saturated heterocycles. The average Bonchev–Trinajstić information content (AvgIpc) is 2.66. The Morgan fingerprint density at radius 2 is 2.38 bits per heavy atom. The van der Waals surface area contributed by atoms with Crippen molar-refractivity contribution in [2.24, 2.45) is 5.92 Å². The van der Waals surface area contributed by atoms with E-state index in [0.717, 1.165) is 38.2 Å². The van der Waals surface area contributed by atoms with Crippen molar-refractivity contribution in [1.29, 1.82) is 0 Å². The van der Waals surface area contributed by atoms with Crippen LogP contribution in [0.1, 0.15) is 32.4 Å². The minimum Gasteiger partial charge on any atom is -0.311 e. The van der Waals surface area contributed by atoms with Gasteiger partial charge in [-0.2, -0.15) is 5.10 Å². The summed E-state index contributed by atoms with van der Waals surface area (Å²) in [6.07, 6.45) is 6.18. The lowest BCUT2D eigenvalue weighted by atomic mass is 10.2. The van der Waals surface area contributed by atoms with Crippen molar-refractivity contribution in [3.63, 3.8) is 0 Å². The maximum Gasteiger partial charge on any atom is 0.0762 e. The highest BCUT2D eigenvalue weighted by molar-refractivity contribution is 4.98. The van der Waals surface area contributed by atoms with Crippen molar-refractivity contribution in [1.82, 2.24) is 15.1 Å². The predicted octanol–water partition coefficient (Wildman–Crippen LogP) is 2.59. The SMILES string of the molecule is C=CCCCn1ccc(CNCC(C)C)n1. The second kappa shape index (κ2) is 7.23. The van der Waals surface area contributed by atoms with E-state index in [9.17, 15) is 0 Å². The molecule has 0 aromatic carbocycles. The third-order valence-corrected chi connectivity index (χ3v) is 2.35. The molecule has 0 bridgehead atoms. The summed E-state index contributed by atoms with van der Waals surface area (Å²) in [4.78, 5) is 0. The summed E-state index contributed by atoms with van der Waals surface area (Å²) in [7, 11) is 0. The van der Waals surface area contributed by atoms with E-state index in [0.29, 0.717) is 5.92 Å². The lowest BCUT2D eigenvalue weighted by Gasteiger charge is -2.05. The highest BCUT2D eigenvalue weighted by Gasteiger charge is 1.99. The Labute approximate surface area is 98.5 Å². The van der Waals surface area contributed by atoms with Gasteiger partial charge >= 0.3 is 0 Å². The molecule has 0 unspecified atom stereocenters. The highest BCUT2D eigenvalue weighted by Crippen LogP contribution is 1.99. The van der Waals surface area contributed by atoms with Crippen molar-refractivity contribution in [2.45, 2.75) is 39.8 Å².